The van der Waals surface area contributed by atoms with Crippen LogP contribution in [0.4, 0.5) is 15.3 Å². The van der Waals surface area contributed by atoms with Gasteiger partial charge in [-0.25, -0.2) is 4.79 Å². The zero-order valence-corrected chi connectivity index (χ0v) is 20.1. The van der Waals surface area contributed by atoms with Crippen LogP contribution in [0.15, 0.2) is 60.7 Å². The first kappa shape index (κ1) is 24.8. The Kier molecular flexibility index (Phi) is 6.00. The van der Waals surface area contributed by atoms with Gasteiger partial charge in [0.2, 0.25) is 23.4 Å². The van der Waals surface area contributed by atoms with Crippen molar-refractivity contribution < 1.29 is 39.1 Å². The van der Waals surface area contributed by atoms with E-state index in [9.17, 15) is 34.5 Å². The van der Waals surface area contributed by atoms with Gasteiger partial charge in [0.25, 0.3) is 0 Å². The van der Waals surface area contributed by atoms with Crippen molar-refractivity contribution in [1.29, 1.82) is 0 Å². The van der Waals surface area contributed by atoms with Gasteiger partial charge in [-0.2, -0.15) is 9.69 Å². The van der Waals surface area contributed by atoms with Crippen LogP contribution in [0.3, 0.4) is 0 Å². The fraction of sp³-hybridized carbons (Fsp3) is 0.333. The Labute approximate surface area is 207 Å². The van der Waals surface area contributed by atoms with Crippen LogP contribution in [0, 0.1) is 0 Å². The second kappa shape index (κ2) is 8.72. The normalized spacial score (nSPS) is 25.9. The van der Waals surface area contributed by atoms with Crippen molar-refractivity contribution in [3.05, 3.63) is 66.3 Å². The molecule has 12 heteroatoms. The number of ketones is 1. The number of amides is 2. The number of fused-ring (bicyclic) bond motifs is 1. The molecule has 2 amide bonds. The largest absolute Gasteiger partial charge is 0.546 e. The maximum Gasteiger partial charge on any atom is 0.546 e. The van der Waals surface area contributed by atoms with Crippen molar-refractivity contribution in [2.45, 2.75) is 31.6 Å². The number of anilines is 1. The molecule has 0 radical (unpaired) electrons. The van der Waals surface area contributed by atoms with E-state index in [1.807, 2.05) is 19.0 Å². The molecule has 36 heavy (non-hydrogen) atoms. The first-order chi connectivity index (χ1) is 17.0. The molecule has 3 atom stereocenters. The van der Waals surface area contributed by atoms with E-state index in [2.05, 4.69) is 0 Å². The molecule has 3 unspecified atom stereocenters. The summed E-state index contributed by atoms with van der Waals surface area (Å²) in [4.78, 5) is 55.0. The minimum absolute atomic E-state index is 0.0512. The Morgan fingerprint density at radius 3 is 2.25 bits per heavy atom. The number of benzene rings is 1. The van der Waals surface area contributed by atoms with Crippen LogP contribution in [0.25, 0.3) is 0 Å². The number of carbonyl (C=O) groups is 4. The predicted molar refractivity (Wildman–Crippen MR) is 127 cm³/mol. The van der Waals surface area contributed by atoms with Gasteiger partial charge in [0.05, 0.1) is 6.42 Å². The first-order valence-corrected chi connectivity index (χ1v) is 11.4. The smallest absolute Gasteiger partial charge is 0.481 e. The van der Waals surface area contributed by atoms with Gasteiger partial charge in [-0.1, -0.05) is 17.6 Å². The standard InChI is InChI=1S/C24H27N5O7/c1-4-19-27(22(33)34)18-15-29(19,23(35)36)28(18)24(12-5-6-13-26(24)14-11-20(30)31)21(32)16-7-9-17(10-8-16)25(2)3/h5-10,12-13,15,19H,4,11,14H2,1-3H3,(H2-,30,31,33,34,35,36)/p+1. The third-order valence-corrected chi connectivity index (χ3v) is 6.75. The number of carboxylic acids is 1. The molecule has 2 bridgehead atoms. The molecule has 1 fully saturated rings. The molecule has 0 spiro atoms. The number of hydrogen-bond donors (Lipinski definition) is 3. The molecule has 3 N–H and O–H groups in total. The van der Waals surface area contributed by atoms with Crippen molar-refractivity contribution in [2.24, 2.45) is 0 Å². The molecule has 1 aromatic rings. The highest BCUT2D eigenvalue weighted by molar-refractivity contribution is 6.05. The highest BCUT2D eigenvalue weighted by atomic mass is 16.4. The second-order valence-corrected chi connectivity index (χ2v) is 8.90. The first-order valence-electron chi connectivity index (χ1n) is 11.4. The lowest BCUT2D eigenvalue weighted by Crippen LogP contribution is -2.76. The molecule has 190 valence electrons. The van der Waals surface area contributed by atoms with Crippen LogP contribution in [-0.2, 0) is 4.79 Å². The number of nitrogens with zero attached hydrogens (tertiary/aromatic N) is 5. The Bertz CT molecular complexity index is 1210. The van der Waals surface area contributed by atoms with Crippen LogP contribution >= 0.6 is 0 Å². The lowest BCUT2D eigenvalue weighted by molar-refractivity contribution is -0.959. The van der Waals surface area contributed by atoms with E-state index in [0.29, 0.717) is 0 Å². The predicted octanol–water partition coefficient (Wildman–Crippen LogP) is 2.75. The summed E-state index contributed by atoms with van der Waals surface area (Å²) in [6.45, 7) is 1.55. The van der Waals surface area contributed by atoms with E-state index in [1.165, 1.54) is 28.4 Å². The lowest BCUT2D eigenvalue weighted by Gasteiger charge is -2.53. The summed E-state index contributed by atoms with van der Waals surface area (Å²) in [5.74, 6) is -1.56. The molecule has 5 rings (SSSR count). The number of rotatable bonds is 8. The minimum Gasteiger partial charge on any atom is -0.481 e. The van der Waals surface area contributed by atoms with E-state index in [1.54, 1.807) is 43.3 Å². The summed E-state index contributed by atoms with van der Waals surface area (Å²) in [7, 11) is 3.70. The number of carbonyl (C=O) groups excluding carboxylic acids is 1. The van der Waals surface area contributed by atoms with Gasteiger partial charge in [0, 0.05) is 44.5 Å². The quantitative estimate of drug-likeness (QED) is 0.362. The van der Waals surface area contributed by atoms with Gasteiger partial charge in [-0.3, -0.25) is 9.59 Å². The molecule has 4 aliphatic heterocycles. The Balaban J connectivity index is 1.91. The molecule has 12 nitrogen and oxygen atoms in total. The van der Waals surface area contributed by atoms with E-state index in [0.717, 1.165) is 10.6 Å². The van der Waals surface area contributed by atoms with Gasteiger partial charge in [-0.15, -0.1) is 5.01 Å². The monoisotopic (exact) mass is 498 g/mol. The maximum atomic E-state index is 14.3. The fourth-order valence-electron chi connectivity index (χ4n) is 5.13. The third kappa shape index (κ3) is 3.33. The number of aliphatic carboxylic acids is 1. The topological polar surface area (TPSA) is 142 Å². The van der Waals surface area contributed by atoms with E-state index in [4.69, 9.17) is 0 Å². The molecule has 4 aliphatic rings. The highest BCUT2D eigenvalue weighted by Gasteiger charge is 2.77. The number of allylic oxidation sites excluding steroid dienone is 2. The summed E-state index contributed by atoms with van der Waals surface area (Å²) in [5, 5.41) is 30.9. The van der Waals surface area contributed by atoms with E-state index in [-0.39, 0.29) is 30.8 Å². The van der Waals surface area contributed by atoms with Crippen molar-refractivity contribution in [3.8, 4) is 0 Å². The van der Waals surface area contributed by atoms with Crippen molar-refractivity contribution in [3.63, 3.8) is 0 Å². The number of quaternary nitrogens is 1. The number of carboxylic acid groups (broad SMARTS) is 3. The molecule has 1 saturated heterocycles. The SMILES string of the molecule is CCC1N(C(=O)O)C2=C[N+]1(C(=O)O)N2C1(C(=O)c2ccc(N(C)C)cc2)C=CC=CN1CCC(=O)O. The van der Waals surface area contributed by atoms with Crippen molar-refractivity contribution in [1.82, 2.24) is 14.8 Å². The van der Waals surface area contributed by atoms with Crippen LogP contribution in [0.1, 0.15) is 30.1 Å². The minimum atomic E-state index is -1.83. The summed E-state index contributed by atoms with van der Waals surface area (Å²) in [5.41, 5.74) is -0.730. The van der Waals surface area contributed by atoms with Gasteiger partial charge in [-0.05, 0) is 36.4 Å². The number of hydrogen-bond acceptors (Lipinski definition) is 7. The molecular weight excluding hydrogens is 470 g/mol. The van der Waals surface area contributed by atoms with Crippen LogP contribution in [0.2, 0.25) is 0 Å². The second-order valence-electron chi connectivity index (χ2n) is 8.90. The molecule has 1 aromatic carbocycles. The average Bonchev–Trinajstić information content (AvgIpc) is 3.33. The lowest BCUT2D eigenvalue weighted by atomic mass is 9.91. The van der Waals surface area contributed by atoms with Crippen molar-refractivity contribution in [2.75, 3.05) is 25.5 Å². The molecule has 0 aromatic heterocycles. The zero-order chi connectivity index (χ0) is 26.4. The third-order valence-electron chi connectivity index (χ3n) is 6.75. The summed E-state index contributed by atoms with van der Waals surface area (Å²) < 4.78 is -0.929. The van der Waals surface area contributed by atoms with Gasteiger partial charge in [0.15, 0.2) is 6.20 Å². The van der Waals surface area contributed by atoms with Crippen LogP contribution in [0.5, 0.6) is 0 Å². The summed E-state index contributed by atoms with van der Waals surface area (Å²) in [6, 6.07) is 6.72. The molecule has 4 heterocycles. The summed E-state index contributed by atoms with van der Waals surface area (Å²) >= 11 is 0. The van der Waals surface area contributed by atoms with Crippen molar-refractivity contribution >= 4 is 29.6 Å². The Morgan fingerprint density at radius 1 is 1.06 bits per heavy atom. The zero-order valence-electron chi connectivity index (χ0n) is 20.1. The van der Waals surface area contributed by atoms with Crippen LogP contribution < -0.4 is 4.90 Å². The Morgan fingerprint density at radius 2 is 1.72 bits per heavy atom. The maximum absolute atomic E-state index is 14.3. The number of Topliss-reactive ketones (excluding diaryl/α,β-unsaturated/α-hetero) is 1. The van der Waals surface area contributed by atoms with Crippen LogP contribution in [-0.4, -0.2) is 91.1 Å². The van der Waals surface area contributed by atoms with Gasteiger partial charge < -0.3 is 25.1 Å². The van der Waals surface area contributed by atoms with Gasteiger partial charge in [0.1, 0.15) is 0 Å². The molecular formula is C24H28N5O7+. The van der Waals surface area contributed by atoms with E-state index < -0.39 is 40.4 Å². The fourth-order valence-corrected chi connectivity index (χ4v) is 5.13. The molecule has 0 aliphatic carbocycles. The Hall–Kier alpha value is -4.32. The average molecular weight is 499 g/mol. The highest BCUT2D eigenvalue weighted by Crippen LogP contribution is 2.54. The molecule has 0 saturated carbocycles. The van der Waals surface area contributed by atoms with E-state index >= 15 is 0 Å². The summed E-state index contributed by atoms with van der Waals surface area (Å²) in [6.07, 6.45) is 3.62. The van der Waals surface area contributed by atoms with Gasteiger partial charge >= 0.3 is 18.2 Å².